The third-order valence-electron chi connectivity index (χ3n) is 2.17. The maximum Gasteiger partial charge on any atom is 0.258 e. The van der Waals surface area contributed by atoms with Crippen molar-refractivity contribution >= 4 is 11.3 Å². The molecule has 2 rings (SSSR count). The Morgan fingerprint density at radius 3 is 3.06 bits per heavy atom. The fourth-order valence-electron chi connectivity index (χ4n) is 1.51. The molecule has 2 N–H and O–H groups in total. The summed E-state index contributed by atoms with van der Waals surface area (Å²) in [5.41, 5.74) is 6.55. The smallest absolute Gasteiger partial charge is 0.258 e. The van der Waals surface area contributed by atoms with E-state index in [9.17, 15) is 0 Å². The molecule has 0 saturated carbocycles. The van der Waals surface area contributed by atoms with Crippen LogP contribution >= 0.6 is 11.3 Å². The number of nitrogens with two attached hydrogens (primary N) is 1. The van der Waals surface area contributed by atoms with Crippen LogP contribution in [0.5, 0.6) is 5.88 Å². The standard InChI is InChI=1S/C11H14N2O2S/c1-2-14-11-8(5-6-12)10(15-13-11)9-4-3-7-16-9/h3-4,7H,2,5-6,12H2,1H3. The zero-order chi connectivity index (χ0) is 11.4. The van der Waals surface area contributed by atoms with Crippen molar-refractivity contribution in [3.05, 3.63) is 23.1 Å². The van der Waals surface area contributed by atoms with E-state index < -0.39 is 0 Å². The van der Waals surface area contributed by atoms with Crippen LogP contribution in [0.3, 0.4) is 0 Å². The third-order valence-corrected chi connectivity index (χ3v) is 3.04. The number of thiophene rings is 1. The molecule has 0 aromatic carbocycles. The highest BCUT2D eigenvalue weighted by molar-refractivity contribution is 7.13. The highest BCUT2D eigenvalue weighted by Crippen LogP contribution is 2.33. The number of hydrogen-bond donors (Lipinski definition) is 1. The summed E-state index contributed by atoms with van der Waals surface area (Å²) < 4.78 is 10.7. The van der Waals surface area contributed by atoms with Crippen LogP contribution in [0.2, 0.25) is 0 Å². The molecule has 2 aromatic rings. The van der Waals surface area contributed by atoms with Crippen LogP contribution in [0.4, 0.5) is 0 Å². The third kappa shape index (κ3) is 2.10. The summed E-state index contributed by atoms with van der Waals surface area (Å²) in [6.07, 6.45) is 0.714. The molecule has 4 nitrogen and oxygen atoms in total. The molecule has 2 heterocycles. The molecule has 0 amide bonds. The molecule has 5 heteroatoms. The van der Waals surface area contributed by atoms with Gasteiger partial charge in [0, 0.05) is 0 Å². The van der Waals surface area contributed by atoms with Crippen LogP contribution in [-0.4, -0.2) is 18.3 Å². The van der Waals surface area contributed by atoms with Gasteiger partial charge in [-0.25, -0.2) is 0 Å². The lowest BCUT2D eigenvalue weighted by molar-refractivity contribution is 0.295. The number of hydrogen-bond acceptors (Lipinski definition) is 5. The molecule has 0 spiro atoms. The van der Waals surface area contributed by atoms with E-state index in [4.69, 9.17) is 15.0 Å². The number of rotatable bonds is 5. The van der Waals surface area contributed by atoms with Gasteiger partial charge >= 0.3 is 0 Å². The summed E-state index contributed by atoms with van der Waals surface area (Å²) in [4.78, 5) is 1.06. The van der Waals surface area contributed by atoms with Gasteiger partial charge in [-0.1, -0.05) is 6.07 Å². The SMILES string of the molecule is CCOc1noc(-c2cccs2)c1CCN. The Kier molecular flexibility index (Phi) is 3.58. The van der Waals surface area contributed by atoms with Crippen LogP contribution in [0.15, 0.2) is 22.0 Å². The molecule has 0 unspecified atom stereocenters. The topological polar surface area (TPSA) is 61.3 Å². The Labute approximate surface area is 98.0 Å². The second-order valence-electron chi connectivity index (χ2n) is 3.24. The second kappa shape index (κ2) is 5.14. The molecule has 0 fully saturated rings. The van der Waals surface area contributed by atoms with E-state index in [1.165, 1.54) is 0 Å². The molecule has 86 valence electrons. The summed E-state index contributed by atoms with van der Waals surface area (Å²) >= 11 is 1.62. The van der Waals surface area contributed by atoms with Crippen LogP contribution in [0, 0.1) is 0 Å². The first-order valence-corrected chi connectivity index (χ1v) is 6.10. The quantitative estimate of drug-likeness (QED) is 0.868. The summed E-state index contributed by atoms with van der Waals surface area (Å²) in [6.45, 7) is 3.05. The van der Waals surface area contributed by atoms with Crippen molar-refractivity contribution in [1.82, 2.24) is 5.16 Å². The van der Waals surface area contributed by atoms with Gasteiger partial charge < -0.3 is 15.0 Å². The first-order valence-electron chi connectivity index (χ1n) is 5.22. The Bertz CT molecular complexity index is 437. The van der Waals surface area contributed by atoms with Gasteiger partial charge in [-0.15, -0.1) is 11.3 Å². The predicted molar refractivity (Wildman–Crippen MR) is 63.7 cm³/mol. The molecule has 0 saturated heterocycles. The zero-order valence-electron chi connectivity index (χ0n) is 9.10. The van der Waals surface area contributed by atoms with Gasteiger partial charge in [0.15, 0.2) is 5.76 Å². The maximum absolute atomic E-state index is 5.59. The molecule has 0 atom stereocenters. The average Bonchev–Trinajstić information content (AvgIpc) is 2.89. The van der Waals surface area contributed by atoms with Crippen LogP contribution < -0.4 is 10.5 Å². The van der Waals surface area contributed by atoms with E-state index in [2.05, 4.69) is 5.16 Å². The lowest BCUT2D eigenvalue weighted by atomic mass is 10.1. The normalized spacial score (nSPS) is 10.6. The van der Waals surface area contributed by atoms with Gasteiger partial charge in [0.25, 0.3) is 5.88 Å². The molecular weight excluding hydrogens is 224 g/mol. The second-order valence-corrected chi connectivity index (χ2v) is 4.19. The highest BCUT2D eigenvalue weighted by Gasteiger charge is 2.18. The predicted octanol–water partition coefficient (Wildman–Crippen LogP) is 2.30. The van der Waals surface area contributed by atoms with E-state index in [-0.39, 0.29) is 0 Å². The van der Waals surface area contributed by atoms with E-state index in [0.717, 1.165) is 16.2 Å². The summed E-state index contributed by atoms with van der Waals surface area (Å²) in [5.74, 6) is 1.35. The van der Waals surface area contributed by atoms with Crippen molar-refractivity contribution in [2.75, 3.05) is 13.2 Å². The minimum absolute atomic E-state index is 0.555. The van der Waals surface area contributed by atoms with Gasteiger partial charge in [0.1, 0.15) is 0 Å². The van der Waals surface area contributed by atoms with Gasteiger partial charge in [-0.2, -0.15) is 0 Å². The Morgan fingerprint density at radius 2 is 2.44 bits per heavy atom. The van der Waals surface area contributed by atoms with Crippen molar-refractivity contribution in [3.63, 3.8) is 0 Å². The van der Waals surface area contributed by atoms with Gasteiger partial charge in [0.05, 0.1) is 17.0 Å². The largest absolute Gasteiger partial charge is 0.476 e. The van der Waals surface area contributed by atoms with Crippen LogP contribution in [-0.2, 0) is 6.42 Å². The Morgan fingerprint density at radius 1 is 1.56 bits per heavy atom. The number of ether oxygens (including phenoxy) is 1. The van der Waals surface area contributed by atoms with Gasteiger partial charge in [0.2, 0.25) is 0 Å². The molecule has 16 heavy (non-hydrogen) atoms. The van der Waals surface area contributed by atoms with E-state index in [1.54, 1.807) is 11.3 Å². The first-order chi connectivity index (χ1) is 7.86. The van der Waals surface area contributed by atoms with E-state index in [1.807, 2.05) is 24.4 Å². The van der Waals surface area contributed by atoms with Crippen LogP contribution in [0.1, 0.15) is 12.5 Å². The maximum atomic E-state index is 5.59. The van der Waals surface area contributed by atoms with Crippen molar-refractivity contribution in [3.8, 4) is 16.5 Å². The Balaban J connectivity index is 2.37. The lowest BCUT2D eigenvalue weighted by Gasteiger charge is -2.01. The van der Waals surface area contributed by atoms with E-state index in [0.29, 0.717) is 25.5 Å². The monoisotopic (exact) mass is 238 g/mol. The zero-order valence-corrected chi connectivity index (χ0v) is 9.92. The average molecular weight is 238 g/mol. The minimum atomic E-state index is 0.555. The van der Waals surface area contributed by atoms with Crippen molar-refractivity contribution < 1.29 is 9.26 Å². The fraction of sp³-hybridized carbons (Fsp3) is 0.364. The fourth-order valence-corrected chi connectivity index (χ4v) is 2.24. The first kappa shape index (κ1) is 11.2. The molecule has 2 aromatic heterocycles. The van der Waals surface area contributed by atoms with Gasteiger partial charge in [-0.3, -0.25) is 0 Å². The summed E-state index contributed by atoms with van der Waals surface area (Å²) in [6, 6.07) is 3.98. The molecule has 0 aliphatic heterocycles. The van der Waals surface area contributed by atoms with Crippen molar-refractivity contribution in [1.29, 1.82) is 0 Å². The molecule has 0 radical (unpaired) electrons. The molecule has 0 aliphatic carbocycles. The van der Waals surface area contributed by atoms with Gasteiger partial charge in [-0.05, 0) is 36.5 Å². The number of aromatic nitrogens is 1. The van der Waals surface area contributed by atoms with Crippen molar-refractivity contribution in [2.45, 2.75) is 13.3 Å². The van der Waals surface area contributed by atoms with Crippen molar-refractivity contribution in [2.24, 2.45) is 5.73 Å². The molecule has 0 aliphatic rings. The molecular formula is C11H14N2O2S. The summed E-state index contributed by atoms with van der Waals surface area (Å²) in [5, 5.41) is 5.94. The lowest BCUT2D eigenvalue weighted by Crippen LogP contribution is -2.05. The van der Waals surface area contributed by atoms with E-state index >= 15 is 0 Å². The molecule has 0 bridgehead atoms. The summed E-state index contributed by atoms with van der Waals surface area (Å²) in [7, 11) is 0. The van der Waals surface area contributed by atoms with Crippen LogP contribution in [0.25, 0.3) is 10.6 Å². The Hall–Kier alpha value is -1.33. The minimum Gasteiger partial charge on any atom is -0.476 e. The highest BCUT2D eigenvalue weighted by atomic mass is 32.1. The number of nitrogens with zero attached hydrogens (tertiary/aromatic N) is 1.